The second-order valence-electron chi connectivity index (χ2n) is 6.97. The van der Waals surface area contributed by atoms with Gasteiger partial charge < -0.3 is 4.74 Å². The van der Waals surface area contributed by atoms with Gasteiger partial charge in [-0.2, -0.15) is 4.31 Å². The Bertz CT molecular complexity index is 645. The average molecular weight is 336 g/mol. The summed E-state index contributed by atoms with van der Waals surface area (Å²) in [6, 6.07) is 10.6. The first-order valence-electron chi connectivity index (χ1n) is 8.49. The summed E-state index contributed by atoms with van der Waals surface area (Å²) >= 11 is 0. The van der Waals surface area contributed by atoms with Gasteiger partial charge in [0.15, 0.2) is 0 Å². The van der Waals surface area contributed by atoms with E-state index in [0.29, 0.717) is 31.4 Å². The number of hydrogen-bond acceptors (Lipinski definition) is 4. The van der Waals surface area contributed by atoms with Crippen molar-refractivity contribution in [3.05, 3.63) is 35.9 Å². The summed E-state index contributed by atoms with van der Waals surface area (Å²) in [6.07, 6.45) is 2.15. The van der Waals surface area contributed by atoms with Gasteiger partial charge in [0.2, 0.25) is 10.0 Å². The molecule has 126 valence electrons. The topological polar surface area (TPSA) is 49.9 Å². The third-order valence-electron chi connectivity index (χ3n) is 5.15. The molecule has 1 saturated carbocycles. The van der Waals surface area contributed by atoms with E-state index in [1.54, 1.807) is 4.31 Å². The van der Waals surface area contributed by atoms with Gasteiger partial charge in [-0.1, -0.05) is 30.3 Å². The highest BCUT2D eigenvalue weighted by molar-refractivity contribution is 7.89. The summed E-state index contributed by atoms with van der Waals surface area (Å²) in [5.41, 5.74) is 1.27. The van der Waals surface area contributed by atoms with Crippen LogP contribution in [-0.4, -0.2) is 61.8 Å². The molecule has 2 atom stereocenters. The Morgan fingerprint density at radius 1 is 1.13 bits per heavy atom. The van der Waals surface area contributed by atoms with E-state index in [-0.39, 0.29) is 12.1 Å². The van der Waals surface area contributed by atoms with Crippen molar-refractivity contribution >= 4 is 10.0 Å². The number of nitrogens with zero attached hydrogens (tertiary/aromatic N) is 2. The fourth-order valence-electron chi connectivity index (χ4n) is 3.65. The summed E-state index contributed by atoms with van der Waals surface area (Å²) in [5.74, 6) is 0.717. The highest BCUT2D eigenvalue weighted by Gasteiger charge is 2.45. The van der Waals surface area contributed by atoms with Crippen LogP contribution in [0.3, 0.4) is 0 Å². The number of morpholine rings is 1. The van der Waals surface area contributed by atoms with Crippen molar-refractivity contribution in [2.45, 2.75) is 31.5 Å². The van der Waals surface area contributed by atoms with Gasteiger partial charge in [-0.15, -0.1) is 0 Å². The van der Waals surface area contributed by atoms with E-state index in [0.717, 1.165) is 25.9 Å². The van der Waals surface area contributed by atoms with Crippen LogP contribution in [0.2, 0.25) is 0 Å². The van der Waals surface area contributed by atoms with E-state index in [4.69, 9.17) is 4.74 Å². The first-order valence-corrected chi connectivity index (χ1v) is 10.1. The standard InChI is InChI=1S/C17H24N2O3S/c20-23(21,13-15-6-7-15)19-11-16-17(12-19)22-9-8-18(16)10-14-4-2-1-3-5-14/h1-5,15-17H,6-13H2/t16-,17-/m1/s1. The van der Waals surface area contributed by atoms with E-state index in [2.05, 4.69) is 17.0 Å². The fourth-order valence-corrected chi connectivity index (χ4v) is 5.55. The number of rotatable bonds is 5. The first-order chi connectivity index (χ1) is 11.1. The lowest BCUT2D eigenvalue weighted by Gasteiger charge is -2.36. The summed E-state index contributed by atoms with van der Waals surface area (Å²) in [5, 5.41) is 0. The van der Waals surface area contributed by atoms with Crippen LogP contribution in [0.15, 0.2) is 30.3 Å². The Labute approximate surface area is 138 Å². The number of fused-ring (bicyclic) bond motifs is 1. The highest BCUT2D eigenvalue weighted by atomic mass is 32.2. The van der Waals surface area contributed by atoms with Crippen LogP contribution in [0.5, 0.6) is 0 Å². The first kappa shape index (κ1) is 15.6. The predicted octanol–water partition coefficient (Wildman–Crippen LogP) is 1.31. The molecule has 1 aliphatic carbocycles. The molecule has 0 spiro atoms. The quantitative estimate of drug-likeness (QED) is 0.814. The molecule has 0 radical (unpaired) electrons. The molecule has 1 aromatic rings. The molecule has 1 aromatic carbocycles. The predicted molar refractivity (Wildman–Crippen MR) is 88.5 cm³/mol. The molecule has 0 amide bonds. The normalized spacial score (nSPS) is 29.6. The van der Waals surface area contributed by atoms with Crippen LogP contribution in [0.1, 0.15) is 18.4 Å². The van der Waals surface area contributed by atoms with Crippen LogP contribution >= 0.6 is 0 Å². The number of benzene rings is 1. The lowest BCUT2D eigenvalue weighted by molar-refractivity contribution is -0.0502. The monoisotopic (exact) mass is 336 g/mol. The molecule has 0 aromatic heterocycles. The van der Waals surface area contributed by atoms with Crippen LogP contribution in [0.4, 0.5) is 0 Å². The molecule has 0 unspecified atom stereocenters. The maximum absolute atomic E-state index is 12.5. The summed E-state index contributed by atoms with van der Waals surface area (Å²) in [6.45, 7) is 3.51. The van der Waals surface area contributed by atoms with Crippen molar-refractivity contribution in [3.63, 3.8) is 0 Å². The van der Waals surface area contributed by atoms with Gasteiger partial charge in [-0.25, -0.2) is 8.42 Å². The lowest BCUT2D eigenvalue weighted by atomic mass is 10.1. The zero-order valence-corrected chi connectivity index (χ0v) is 14.1. The number of sulfonamides is 1. The van der Waals surface area contributed by atoms with Crippen molar-refractivity contribution < 1.29 is 13.2 Å². The minimum Gasteiger partial charge on any atom is -0.374 e. The van der Waals surface area contributed by atoms with Crippen molar-refractivity contribution in [2.24, 2.45) is 5.92 Å². The Kier molecular flexibility index (Phi) is 4.17. The second kappa shape index (κ2) is 6.16. The molecule has 6 heteroatoms. The molecule has 23 heavy (non-hydrogen) atoms. The molecule has 5 nitrogen and oxygen atoms in total. The molecule has 2 heterocycles. The molecule has 4 rings (SSSR count). The highest BCUT2D eigenvalue weighted by Crippen LogP contribution is 2.33. The SMILES string of the molecule is O=S(=O)(CC1CC1)N1C[C@@H]2[C@@H](C1)OCCN2Cc1ccccc1. The molecule has 2 aliphatic heterocycles. The van der Waals surface area contributed by atoms with Gasteiger partial charge in [0.05, 0.1) is 24.5 Å². The molecular formula is C17H24N2O3S. The average Bonchev–Trinajstić information content (AvgIpc) is 3.21. The number of ether oxygens (including phenoxy) is 1. The van der Waals surface area contributed by atoms with Gasteiger partial charge in [-0.3, -0.25) is 4.90 Å². The number of hydrogen-bond donors (Lipinski definition) is 0. The maximum Gasteiger partial charge on any atom is 0.214 e. The molecular weight excluding hydrogens is 312 g/mol. The van der Waals surface area contributed by atoms with Crippen LogP contribution < -0.4 is 0 Å². The lowest BCUT2D eigenvalue weighted by Crippen LogP contribution is -2.50. The van der Waals surface area contributed by atoms with E-state index in [1.807, 2.05) is 18.2 Å². The zero-order chi connectivity index (χ0) is 15.9. The molecule has 2 saturated heterocycles. The van der Waals surface area contributed by atoms with Crippen LogP contribution in [0, 0.1) is 5.92 Å². The second-order valence-corrected chi connectivity index (χ2v) is 8.99. The Balaban J connectivity index is 1.45. The third-order valence-corrected chi connectivity index (χ3v) is 7.13. The Hall–Kier alpha value is -0.950. The molecule has 3 fully saturated rings. The van der Waals surface area contributed by atoms with Crippen molar-refractivity contribution in [3.8, 4) is 0 Å². The van der Waals surface area contributed by atoms with Crippen molar-refractivity contribution in [1.29, 1.82) is 0 Å². The Morgan fingerprint density at radius 2 is 1.91 bits per heavy atom. The zero-order valence-electron chi connectivity index (χ0n) is 13.3. The largest absolute Gasteiger partial charge is 0.374 e. The van der Waals surface area contributed by atoms with Crippen LogP contribution in [-0.2, 0) is 21.3 Å². The summed E-state index contributed by atoms with van der Waals surface area (Å²) < 4.78 is 32.6. The van der Waals surface area contributed by atoms with E-state index < -0.39 is 10.0 Å². The van der Waals surface area contributed by atoms with Gasteiger partial charge in [0, 0.05) is 26.2 Å². The summed E-state index contributed by atoms with van der Waals surface area (Å²) in [4.78, 5) is 2.39. The molecule has 0 bridgehead atoms. The van der Waals surface area contributed by atoms with Gasteiger partial charge in [0.1, 0.15) is 0 Å². The summed E-state index contributed by atoms with van der Waals surface area (Å²) in [7, 11) is -3.12. The van der Waals surface area contributed by atoms with Gasteiger partial charge in [-0.05, 0) is 24.3 Å². The maximum atomic E-state index is 12.5. The molecule has 0 N–H and O–H groups in total. The minimum atomic E-state index is -3.12. The van der Waals surface area contributed by atoms with Crippen molar-refractivity contribution in [2.75, 3.05) is 32.0 Å². The van der Waals surface area contributed by atoms with E-state index in [9.17, 15) is 8.42 Å². The molecule has 3 aliphatic rings. The van der Waals surface area contributed by atoms with E-state index in [1.165, 1.54) is 5.56 Å². The Morgan fingerprint density at radius 3 is 2.65 bits per heavy atom. The van der Waals surface area contributed by atoms with Crippen LogP contribution in [0.25, 0.3) is 0 Å². The fraction of sp³-hybridized carbons (Fsp3) is 0.647. The smallest absolute Gasteiger partial charge is 0.214 e. The van der Waals surface area contributed by atoms with E-state index >= 15 is 0 Å². The van der Waals surface area contributed by atoms with Gasteiger partial charge in [0.25, 0.3) is 0 Å². The van der Waals surface area contributed by atoms with Crippen molar-refractivity contribution in [1.82, 2.24) is 9.21 Å². The van der Waals surface area contributed by atoms with Gasteiger partial charge >= 0.3 is 0 Å². The third kappa shape index (κ3) is 3.45. The minimum absolute atomic E-state index is 0.0152.